The molecule has 0 saturated carbocycles. The Balaban J connectivity index is 0. The number of carbonyl (C=O) groups excluding carboxylic acids is 2. The lowest BCUT2D eigenvalue weighted by atomic mass is 10.2. The molecule has 116 valence electrons. The Bertz CT molecular complexity index is 306. The highest BCUT2D eigenvalue weighted by atomic mass is 16.5. The maximum absolute atomic E-state index is 10.7. The minimum Gasteiger partial charge on any atom is -0.462 e. The molecule has 0 spiro atoms. The first-order chi connectivity index (χ1) is 9.07. The third-order valence-electron chi connectivity index (χ3n) is 1.79. The van der Waals surface area contributed by atoms with Crippen molar-refractivity contribution in [3.05, 3.63) is 24.3 Å². The highest BCUT2D eigenvalue weighted by Crippen LogP contribution is 1.97. The molecule has 0 fully saturated rings. The van der Waals surface area contributed by atoms with Crippen molar-refractivity contribution in [2.45, 2.75) is 41.5 Å². The van der Waals surface area contributed by atoms with Crippen LogP contribution in [0.3, 0.4) is 0 Å². The first-order valence-corrected chi connectivity index (χ1v) is 6.73. The smallest absolute Gasteiger partial charge is 0.333 e. The van der Waals surface area contributed by atoms with Crippen LogP contribution >= 0.6 is 0 Å². The summed E-state index contributed by atoms with van der Waals surface area (Å²) >= 11 is 0. The lowest BCUT2D eigenvalue weighted by molar-refractivity contribution is -0.140. The molecule has 0 aliphatic rings. The summed E-state index contributed by atoms with van der Waals surface area (Å²) in [6.45, 7) is 19.1. The normalized spacial score (nSPS) is 9.60. The Morgan fingerprint density at radius 2 is 1.05 bits per heavy atom. The van der Waals surface area contributed by atoms with Crippen LogP contribution in [0.15, 0.2) is 24.3 Å². The lowest BCUT2D eigenvalue weighted by Gasteiger charge is -2.05. The molecule has 0 N–H and O–H groups in total. The fraction of sp³-hybridized carbons (Fsp3) is 0.625. The van der Waals surface area contributed by atoms with Crippen LogP contribution in [0.1, 0.15) is 41.5 Å². The van der Waals surface area contributed by atoms with Crippen LogP contribution in [0.25, 0.3) is 0 Å². The minimum atomic E-state index is -0.297. The van der Waals surface area contributed by atoms with Crippen LogP contribution in [-0.4, -0.2) is 25.2 Å². The van der Waals surface area contributed by atoms with Crippen molar-refractivity contribution in [3.63, 3.8) is 0 Å². The lowest BCUT2D eigenvalue weighted by Crippen LogP contribution is -2.09. The van der Waals surface area contributed by atoms with E-state index in [0.29, 0.717) is 36.2 Å². The molecule has 4 heteroatoms. The number of esters is 2. The van der Waals surface area contributed by atoms with Gasteiger partial charge in [0.1, 0.15) is 0 Å². The van der Waals surface area contributed by atoms with Gasteiger partial charge in [-0.15, -0.1) is 0 Å². The van der Waals surface area contributed by atoms with Gasteiger partial charge in [0.05, 0.1) is 13.2 Å². The molecule has 0 aliphatic heterocycles. The summed E-state index contributed by atoms with van der Waals surface area (Å²) in [5.41, 5.74) is 0.918. The largest absolute Gasteiger partial charge is 0.462 e. The summed E-state index contributed by atoms with van der Waals surface area (Å²) < 4.78 is 9.65. The van der Waals surface area contributed by atoms with Crippen molar-refractivity contribution >= 4 is 11.9 Å². The molecule has 0 aromatic rings. The van der Waals surface area contributed by atoms with Crippen LogP contribution in [-0.2, 0) is 19.1 Å². The maximum Gasteiger partial charge on any atom is 0.333 e. The second-order valence-corrected chi connectivity index (χ2v) is 5.55. The first-order valence-electron chi connectivity index (χ1n) is 6.73. The number of ether oxygens (including phenoxy) is 2. The number of hydrogen-bond acceptors (Lipinski definition) is 4. The van der Waals surface area contributed by atoms with Crippen molar-refractivity contribution < 1.29 is 19.1 Å². The fourth-order valence-corrected chi connectivity index (χ4v) is 0.731. The van der Waals surface area contributed by atoms with E-state index in [-0.39, 0.29) is 11.9 Å². The topological polar surface area (TPSA) is 52.6 Å². The minimum absolute atomic E-state index is 0.297. The summed E-state index contributed by atoms with van der Waals surface area (Å²) in [6, 6.07) is 0. The van der Waals surface area contributed by atoms with Gasteiger partial charge in [-0.25, -0.2) is 9.59 Å². The molecule has 0 saturated heterocycles. The zero-order chi connectivity index (χ0) is 16.3. The second-order valence-electron chi connectivity index (χ2n) is 5.55. The van der Waals surface area contributed by atoms with E-state index in [1.54, 1.807) is 13.8 Å². The zero-order valence-electron chi connectivity index (χ0n) is 13.6. The molecule has 4 nitrogen and oxygen atoms in total. The molecular formula is C16H28O4. The average molecular weight is 284 g/mol. The van der Waals surface area contributed by atoms with Crippen LogP contribution in [0.5, 0.6) is 0 Å². The molecule has 0 aliphatic carbocycles. The molecular weight excluding hydrogens is 256 g/mol. The summed E-state index contributed by atoms with van der Waals surface area (Å²) in [6.07, 6.45) is 0. The van der Waals surface area contributed by atoms with E-state index in [4.69, 9.17) is 9.47 Å². The molecule has 0 aromatic carbocycles. The summed E-state index contributed by atoms with van der Waals surface area (Å²) in [4.78, 5) is 21.5. The average Bonchev–Trinajstić information content (AvgIpc) is 2.33. The van der Waals surface area contributed by atoms with Crippen molar-refractivity contribution in [2.75, 3.05) is 13.2 Å². The monoisotopic (exact) mass is 284 g/mol. The molecule has 0 radical (unpaired) electrons. The Morgan fingerprint density at radius 1 is 0.800 bits per heavy atom. The van der Waals surface area contributed by atoms with E-state index in [9.17, 15) is 9.59 Å². The van der Waals surface area contributed by atoms with E-state index in [1.807, 2.05) is 27.7 Å². The van der Waals surface area contributed by atoms with Crippen molar-refractivity contribution in [3.8, 4) is 0 Å². The zero-order valence-corrected chi connectivity index (χ0v) is 13.6. The van der Waals surface area contributed by atoms with Crippen molar-refractivity contribution in [2.24, 2.45) is 11.8 Å². The van der Waals surface area contributed by atoms with Crippen LogP contribution < -0.4 is 0 Å². The standard InChI is InChI=1S/2C8H14O2/c2*1-6(2)5-10-8(9)7(3)4/h2*6H,3,5H2,1-2,4H3. The summed E-state index contributed by atoms with van der Waals surface area (Å²) in [5, 5.41) is 0. The molecule has 0 bridgehead atoms. The SMILES string of the molecule is C=C(C)C(=O)OCC(C)C.C=C(C)C(=O)OCC(C)C. The molecule has 0 aromatic heterocycles. The van der Waals surface area contributed by atoms with E-state index >= 15 is 0 Å². The Kier molecular flexibility index (Phi) is 11.7. The van der Waals surface area contributed by atoms with E-state index in [1.165, 1.54) is 0 Å². The van der Waals surface area contributed by atoms with Crippen LogP contribution in [0, 0.1) is 11.8 Å². The predicted molar refractivity (Wildman–Crippen MR) is 81.2 cm³/mol. The number of carbonyl (C=O) groups is 2. The van der Waals surface area contributed by atoms with Gasteiger partial charge >= 0.3 is 11.9 Å². The Labute approximate surface area is 122 Å². The van der Waals surface area contributed by atoms with Gasteiger partial charge in [-0.05, 0) is 25.7 Å². The molecule has 0 rings (SSSR count). The first kappa shape index (κ1) is 20.7. The van der Waals surface area contributed by atoms with Crippen molar-refractivity contribution in [1.82, 2.24) is 0 Å². The van der Waals surface area contributed by atoms with Crippen LogP contribution in [0.4, 0.5) is 0 Å². The predicted octanol–water partition coefficient (Wildman–Crippen LogP) is 3.52. The fourth-order valence-electron chi connectivity index (χ4n) is 0.731. The van der Waals surface area contributed by atoms with Gasteiger partial charge in [0, 0.05) is 11.1 Å². The van der Waals surface area contributed by atoms with Gasteiger partial charge in [-0.2, -0.15) is 0 Å². The summed E-state index contributed by atoms with van der Waals surface area (Å²) in [7, 11) is 0. The highest BCUT2D eigenvalue weighted by molar-refractivity contribution is 5.87. The highest BCUT2D eigenvalue weighted by Gasteiger charge is 2.03. The number of rotatable bonds is 6. The molecule has 0 unspecified atom stereocenters. The van der Waals surface area contributed by atoms with Gasteiger partial charge in [-0.3, -0.25) is 0 Å². The van der Waals surface area contributed by atoms with E-state index in [0.717, 1.165) is 0 Å². The van der Waals surface area contributed by atoms with Crippen molar-refractivity contribution in [1.29, 1.82) is 0 Å². The third kappa shape index (κ3) is 14.5. The number of hydrogen-bond donors (Lipinski definition) is 0. The maximum atomic E-state index is 10.7. The van der Waals surface area contributed by atoms with E-state index in [2.05, 4.69) is 13.2 Å². The molecule has 0 atom stereocenters. The Hall–Kier alpha value is -1.58. The third-order valence-corrected chi connectivity index (χ3v) is 1.79. The quantitative estimate of drug-likeness (QED) is 0.553. The molecule has 0 heterocycles. The molecule has 20 heavy (non-hydrogen) atoms. The summed E-state index contributed by atoms with van der Waals surface area (Å²) in [5.74, 6) is 0.189. The van der Waals surface area contributed by atoms with E-state index < -0.39 is 0 Å². The van der Waals surface area contributed by atoms with Gasteiger partial charge < -0.3 is 9.47 Å². The van der Waals surface area contributed by atoms with Gasteiger partial charge in [0.2, 0.25) is 0 Å². The molecule has 0 amide bonds. The van der Waals surface area contributed by atoms with Gasteiger partial charge in [-0.1, -0.05) is 40.9 Å². The van der Waals surface area contributed by atoms with Gasteiger partial charge in [0.25, 0.3) is 0 Å². The second kappa shape index (κ2) is 11.3. The Morgan fingerprint density at radius 3 is 1.20 bits per heavy atom. The van der Waals surface area contributed by atoms with Crippen LogP contribution in [0.2, 0.25) is 0 Å². The van der Waals surface area contributed by atoms with Gasteiger partial charge in [0.15, 0.2) is 0 Å².